The monoisotopic (exact) mass is 680 g/mol. The van der Waals surface area contributed by atoms with Crippen molar-refractivity contribution in [3.8, 4) is 34.2 Å². The molecule has 50 heavy (non-hydrogen) atoms. The van der Waals surface area contributed by atoms with Crippen LogP contribution in [0.4, 0.5) is 0 Å². The number of aromatic nitrogens is 4. The Morgan fingerprint density at radius 1 is 0.580 bits per heavy atom. The van der Waals surface area contributed by atoms with Crippen LogP contribution in [0.15, 0.2) is 157 Å². The summed E-state index contributed by atoms with van der Waals surface area (Å²) < 4.78 is 4.88. The van der Waals surface area contributed by atoms with Gasteiger partial charge in [0.1, 0.15) is 0 Å². The lowest BCUT2D eigenvalue weighted by Gasteiger charge is -2.32. The van der Waals surface area contributed by atoms with Gasteiger partial charge in [-0.25, -0.2) is 15.0 Å². The van der Waals surface area contributed by atoms with Crippen LogP contribution >= 0.6 is 24.0 Å². The van der Waals surface area contributed by atoms with E-state index < -0.39 is 5.54 Å². The van der Waals surface area contributed by atoms with E-state index in [0.29, 0.717) is 17.5 Å². The molecule has 3 heterocycles. The summed E-state index contributed by atoms with van der Waals surface area (Å²) in [6, 6.07) is 50.9. The van der Waals surface area contributed by atoms with E-state index in [9.17, 15) is 0 Å². The predicted octanol–water partition coefficient (Wildman–Crippen LogP) is 11.9. The Morgan fingerprint density at radius 2 is 1.08 bits per heavy atom. The van der Waals surface area contributed by atoms with Crippen molar-refractivity contribution in [1.82, 2.24) is 19.5 Å². The molecule has 0 aliphatic carbocycles. The molecule has 0 N–H and O–H groups in total. The average Bonchev–Trinajstić information content (AvgIpc) is 3.71. The van der Waals surface area contributed by atoms with Crippen molar-refractivity contribution in [1.29, 1.82) is 0 Å². The van der Waals surface area contributed by atoms with Gasteiger partial charge in [0.05, 0.1) is 16.6 Å². The second-order valence-corrected chi connectivity index (χ2v) is 14.6. The molecular formula is C44H32N4S2. The average molecular weight is 681 g/mol. The molecule has 0 saturated heterocycles. The highest BCUT2D eigenvalue weighted by Crippen LogP contribution is 2.47. The third-order valence-corrected chi connectivity index (χ3v) is 10.8. The van der Waals surface area contributed by atoms with Gasteiger partial charge in [-0.15, -0.1) is 24.0 Å². The van der Waals surface area contributed by atoms with Gasteiger partial charge in [-0.1, -0.05) is 121 Å². The zero-order valence-electron chi connectivity index (χ0n) is 27.6. The highest BCUT2D eigenvalue weighted by molar-refractivity contribution is 7.84. The minimum absolute atomic E-state index is 0.599. The summed E-state index contributed by atoms with van der Waals surface area (Å²) in [7, 11) is 0. The van der Waals surface area contributed by atoms with Crippen molar-refractivity contribution < 1.29 is 0 Å². The van der Waals surface area contributed by atoms with Gasteiger partial charge in [0.25, 0.3) is 0 Å². The number of benzene rings is 6. The maximum absolute atomic E-state index is 5.16. The molecule has 1 atom stereocenters. The maximum atomic E-state index is 5.16. The highest BCUT2D eigenvalue weighted by atomic mass is 32.1. The molecule has 3 aromatic heterocycles. The van der Waals surface area contributed by atoms with Gasteiger partial charge >= 0.3 is 0 Å². The van der Waals surface area contributed by atoms with Gasteiger partial charge in [-0.05, 0) is 54.7 Å². The quantitative estimate of drug-likeness (QED) is 0.178. The minimum atomic E-state index is -0.599. The summed E-state index contributed by atoms with van der Waals surface area (Å²) in [5.41, 5.74) is 5.82. The number of fused-ring (bicyclic) bond motifs is 6. The van der Waals surface area contributed by atoms with Crippen LogP contribution < -0.4 is 0 Å². The van der Waals surface area contributed by atoms with E-state index in [1.54, 1.807) is 11.3 Å². The molecular weight excluding hydrogens is 649 g/mol. The standard InChI is InChI=1S/C44H32N4S2/c1-28(49)27-44(2,48-35-23-11-9-19-31(35)32-20-10-12-24-36(32)48)34-22-14-26-38-40(34)39-33(21-13-25-37(39)50-38)43-46-41(29-15-5-3-6-16-29)45-42(47-43)30-17-7-4-8-18-30/h3-27,49H,1-2H3/b28-27+. The number of hydrogen-bond acceptors (Lipinski definition) is 5. The highest BCUT2D eigenvalue weighted by Gasteiger charge is 2.33. The van der Waals surface area contributed by atoms with E-state index in [2.05, 4.69) is 134 Å². The summed E-state index contributed by atoms with van der Waals surface area (Å²) in [5, 5.41) is 4.80. The molecule has 240 valence electrons. The van der Waals surface area contributed by atoms with Crippen LogP contribution in [-0.4, -0.2) is 19.5 Å². The molecule has 9 aromatic rings. The number of para-hydroxylation sites is 2. The Morgan fingerprint density at radius 3 is 1.66 bits per heavy atom. The van der Waals surface area contributed by atoms with Crippen molar-refractivity contribution in [2.45, 2.75) is 19.4 Å². The second kappa shape index (κ2) is 12.1. The predicted molar refractivity (Wildman–Crippen MR) is 214 cm³/mol. The molecule has 6 heteroatoms. The van der Waals surface area contributed by atoms with Crippen molar-refractivity contribution in [3.63, 3.8) is 0 Å². The Hall–Kier alpha value is -5.56. The van der Waals surface area contributed by atoms with E-state index in [1.165, 1.54) is 42.2 Å². The summed E-state index contributed by atoms with van der Waals surface area (Å²) >= 11 is 6.71. The molecule has 0 aliphatic rings. The molecule has 0 aliphatic heterocycles. The van der Waals surface area contributed by atoms with Gasteiger partial charge in [0.15, 0.2) is 17.5 Å². The van der Waals surface area contributed by atoms with Crippen molar-refractivity contribution in [2.75, 3.05) is 0 Å². The first kappa shape index (κ1) is 30.5. The summed E-state index contributed by atoms with van der Waals surface area (Å²) in [6.45, 7) is 4.38. The van der Waals surface area contributed by atoms with Crippen LogP contribution in [0.1, 0.15) is 19.4 Å². The largest absolute Gasteiger partial charge is 0.327 e. The zero-order valence-corrected chi connectivity index (χ0v) is 29.3. The van der Waals surface area contributed by atoms with Crippen molar-refractivity contribution in [3.05, 3.63) is 162 Å². The molecule has 9 rings (SSSR count). The van der Waals surface area contributed by atoms with E-state index in [-0.39, 0.29) is 0 Å². The molecule has 0 bridgehead atoms. The SMILES string of the molecule is C/C(S)=C\C(C)(c1cccc2sc3cccc(-c4nc(-c5ccccc5)nc(-c5ccccc5)n4)c3c12)n1c2ccccc2c2ccccc21. The zero-order chi connectivity index (χ0) is 33.8. The minimum Gasteiger partial charge on any atom is -0.327 e. The van der Waals surface area contributed by atoms with Gasteiger partial charge in [0.2, 0.25) is 0 Å². The number of thiol groups is 1. The second-order valence-electron chi connectivity index (χ2n) is 12.8. The van der Waals surface area contributed by atoms with E-state index in [1.807, 2.05) is 36.4 Å². The first-order chi connectivity index (χ1) is 24.5. The van der Waals surface area contributed by atoms with Crippen LogP contribution in [0.5, 0.6) is 0 Å². The van der Waals surface area contributed by atoms with Crippen molar-refractivity contribution in [2.24, 2.45) is 0 Å². The Kier molecular flexibility index (Phi) is 7.37. The lowest BCUT2D eigenvalue weighted by atomic mass is 9.86. The first-order valence-corrected chi connectivity index (χ1v) is 17.9. The molecule has 0 amide bonds. The lowest BCUT2D eigenvalue weighted by Crippen LogP contribution is -2.29. The maximum Gasteiger partial charge on any atom is 0.164 e. The molecule has 0 radical (unpaired) electrons. The van der Waals surface area contributed by atoms with E-state index >= 15 is 0 Å². The third-order valence-electron chi connectivity index (χ3n) is 9.54. The number of rotatable bonds is 6. The molecule has 6 aromatic carbocycles. The number of thiophene rings is 1. The third kappa shape index (κ3) is 4.94. The van der Waals surface area contributed by atoms with Crippen molar-refractivity contribution >= 4 is 65.9 Å². The van der Waals surface area contributed by atoms with Crippen LogP contribution in [-0.2, 0) is 5.54 Å². The van der Waals surface area contributed by atoms with Crippen LogP contribution in [0.25, 0.3) is 76.1 Å². The van der Waals surface area contributed by atoms with Crippen LogP contribution in [0.2, 0.25) is 0 Å². The Labute approximate surface area is 299 Å². The molecule has 0 fully saturated rings. The first-order valence-electron chi connectivity index (χ1n) is 16.7. The fraction of sp³-hybridized carbons (Fsp3) is 0.0682. The Bertz CT molecular complexity index is 2630. The van der Waals surface area contributed by atoms with Gasteiger partial charge in [0, 0.05) is 47.6 Å². The molecule has 4 nitrogen and oxygen atoms in total. The summed E-state index contributed by atoms with van der Waals surface area (Å²) in [4.78, 5) is 16.2. The van der Waals surface area contributed by atoms with Gasteiger partial charge in [-0.2, -0.15) is 0 Å². The fourth-order valence-corrected chi connectivity index (χ4v) is 8.91. The fourth-order valence-electron chi connectivity index (χ4n) is 7.50. The smallest absolute Gasteiger partial charge is 0.164 e. The number of hydrogen-bond donors (Lipinski definition) is 1. The van der Waals surface area contributed by atoms with E-state index in [4.69, 9.17) is 27.6 Å². The van der Waals surface area contributed by atoms with Gasteiger partial charge in [-0.3, -0.25) is 0 Å². The number of nitrogens with zero attached hydrogens (tertiary/aromatic N) is 4. The Balaban J connectivity index is 1.37. The molecule has 0 saturated carbocycles. The van der Waals surface area contributed by atoms with Crippen LogP contribution in [0.3, 0.4) is 0 Å². The van der Waals surface area contributed by atoms with Crippen LogP contribution in [0, 0.1) is 0 Å². The lowest BCUT2D eigenvalue weighted by molar-refractivity contribution is 0.531. The summed E-state index contributed by atoms with van der Waals surface area (Å²) in [6.07, 6.45) is 2.29. The number of allylic oxidation sites excluding steroid dienone is 2. The van der Waals surface area contributed by atoms with E-state index in [0.717, 1.165) is 27.0 Å². The van der Waals surface area contributed by atoms with Gasteiger partial charge < -0.3 is 4.57 Å². The molecule has 1 unspecified atom stereocenters. The topological polar surface area (TPSA) is 43.6 Å². The normalized spacial score (nSPS) is 13.4. The summed E-state index contributed by atoms with van der Waals surface area (Å²) in [5.74, 6) is 1.95. The molecule has 0 spiro atoms.